The van der Waals surface area contributed by atoms with Crippen LogP contribution in [0.5, 0.6) is 0 Å². The highest BCUT2D eigenvalue weighted by Gasteiger charge is 2.26. The lowest BCUT2D eigenvalue weighted by atomic mass is 10.2. The van der Waals surface area contributed by atoms with E-state index in [1.165, 1.54) is 25.0 Å². The summed E-state index contributed by atoms with van der Waals surface area (Å²) in [6.45, 7) is 3.52. The van der Waals surface area contributed by atoms with Crippen molar-refractivity contribution in [1.82, 2.24) is 4.90 Å². The van der Waals surface area contributed by atoms with E-state index in [0.717, 1.165) is 13.0 Å². The first-order chi connectivity index (χ1) is 10.0. The van der Waals surface area contributed by atoms with E-state index in [-0.39, 0.29) is 11.6 Å². The number of anilines is 1. The van der Waals surface area contributed by atoms with E-state index in [4.69, 9.17) is 5.11 Å². The Morgan fingerprint density at radius 3 is 2.71 bits per heavy atom. The maximum absolute atomic E-state index is 12.3. The van der Waals surface area contributed by atoms with Gasteiger partial charge in [0.2, 0.25) is 0 Å². The molecule has 0 saturated heterocycles. The van der Waals surface area contributed by atoms with Gasteiger partial charge in [0.1, 0.15) is 0 Å². The van der Waals surface area contributed by atoms with Gasteiger partial charge in [-0.05, 0) is 59.3 Å². The molecule has 1 saturated carbocycles. The van der Waals surface area contributed by atoms with Gasteiger partial charge in [-0.2, -0.15) is 0 Å². The zero-order chi connectivity index (χ0) is 15.4. The van der Waals surface area contributed by atoms with Crippen molar-refractivity contribution >= 4 is 33.6 Å². The van der Waals surface area contributed by atoms with Crippen LogP contribution in [-0.2, 0) is 0 Å². The van der Waals surface area contributed by atoms with Gasteiger partial charge in [0, 0.05) is 17.6 Å². The smallest absolute Gasteiger partial charge is 0.335 e. The van der Waals surface area contributed by atoms with Crippen molar-refractivity contribution in [1.29, 1.82) is 0 Å². The zero-order valence-electron chi connectivity index (χ0n) is 11.9. The standard InChI is InChI=1S/C15H19BrN2O3/c1-2-7-18(9-10-3-4-10)15(21)17-13-8-11(14(19)20)5-6-12(13)16/h5-6,8,10H,2-4,7,9H2,1H3,(H,17,21)(H,19,20). The normalized spacial score (nSPS) is 13.8. The summed E-state index contributed by atoms with van der Waals surface area (Å²) in [5.41, 5.74) is 0.634. The number of hydrogen-bond donors (Lipinski definition) is 2. The molecule has 1 aliphatic carbocycles. The highest BCUT2D eigenvalue weighted by Crippen LogP contribution is 2.30. The van der Waals surface area contributed by atoms with Crippen LogP contribution in [0.25, 0.3) is 0 Å². The van der Waals surface area contributed by atoms with Gasteiger partial charge >= 0.3 is 12.0 Å². The lowest BCUT2D eigenvalue weighted by Crippen LogP contribution is -2.37. The molecule has 21 heavy (non-hydrogen) atoms. The number of nitrogens with one attached hydrogen (secondary N) is 1. The van der Waals surface area contributed by atoms with E-state index < -0.39 is 5.97 Å². The molecule has 0 bridgehead atoms. The van der Waals surface area contributed by atoms with Crippen LogP contribution in [0, 0.1) is 5.92 Å². The largest absolute Gasteiger partial charge is 0.478 e. The Balaban J connectivity index is 2.09. The van der Waals surface area contributed by atoms with Gasteiger partial charge < -0.3 is 15.3 Å². The zero-order valence-corrected chi connectivity index (χ0v) is 13.5. The van der Waals surface area contributed by atoms with Crippen molar-refractivity contribution in [3.8, 4) is 0 Å². The number of amides is 2. The fourth-order valence-electron chi connectivity index (χ4n) is 2.11. The minimum absolute atomic E-state index is 0.151. The molecule has 0 atom stereocenters. The van der Waals surface area contributed by atoms with Gasteiger partial charge in [-0.15, -0.1) is 0 Å². The summed E-state index contributed by atoms with van der Waals surface area (Å²) in [7, 11) is 0. The first-order valence-electron chi connectivity index (χ1n) is 7.10. The first-order valence-corrected chi connectivity index (χ1v) is 7.89. The van der Waals surface area contributed by atoms with Gasteiger partial charge in [-0.1, -0.05) is 6.92 Å². The summed E-state index contributed by atoms with van der Waals surface area (Å²) < 4.78 is 0.670. The van der Waals surface area contributed by atoms with Gasteiger partial charge in [0.05, 0.1) is 11.3 Å². The number of rotatable bonds is 6. The quantitative estimate of drug-likeness (QED) is 0.816. The molecule has 6 heteroatoms. The van der Waals surface area contributed by atoms with Gasteiger partial charge in [-0.3, -0.25) is 0 Å². The molecular formula is C15H19BrN2O3. The third-order valence-electron chi connectivity index (χ3n) is 3.41. The average Bonchev–Trinajstić information content (AvgIpc) is 3.24. The Hall–Kier alpha value is -1.56. The second-order valence-corrected chi connectivity index (χ2v) is 6.17. The number of carboxylic acid groups (broad SMARTS) is 1. The fraction of sp³-hybridized carbons (Fsp3) is 0.467. The van der Waals surface area contributed by atoms with Crippen molar-refractivity contribution in [2.75, 3.05) is 18.4 Å². The topological polar surface area (TPSA) is 69.6 Å². The average molecular weight is 355 g/mol. The lowest BCUT2D eigenvalue weighted by molar-refractivity contribution is 0.0697. The Labute approximate surface area is 132 Å². The van der Waals surface area contributed by atoms with E-state index in [1.807, 2.05) is 6.92 Å². The number of halogens is 1. The number of aromatic carboxylic acids is 1. The van der Waals surface area contributed by atoms with Crippen molar-refractivity contribution < 1.29 is 14.7 Å². The number of carbonyl (C=O) groups excluding carboxylic acids is 1. The van der Waals surface area contributed by atoms with Crippen LogP contribution in [0.4, 0.5) is 10.5 Å². The van der Waals surface area contributed by atoms with Crippen LogP contribution >= 0.6 is 15.9 Å². The summed E-state index contributed by atoms with van der Waals surface area (Å²) in [5, 5.41) is 11.8. The van der Waals surface area contributed by atoms with Gasteiger partial charge in [0.25, 0.3) is 0 Å². The Morgan fingerprint density at radius 2 is 2.14 bits per heavy atom. The number of hydrogen-bond acceptors (Lipinski definition) is 2. The summed E-state index contributed by atoms with van der Waals surface area (Å²) in [5.74, 6) is -0.391. The summed E-state index contributed by atoms with van der Waals surface area (Å²) in [6.07, 6.45) is 3.27. The molecule has 1 aromatic carbocycles. The predicted octanol–water partition coefficient (Wildman–Crippen LogP) is 3.80. The number of benzene rings is 1. The predicted molar refractivity (Wildman–Crippen MR) is 84.7 cm³/mol. The van der Waals surface area contributed by atoms with E-state index in [9.17, 15) is 9.59 Å². The molecule has 5 nitrogen and oxygen atoms in total. The molecule has 1 fully saturated rings. The molecule has 2 N–H and O–H groups in total. The van der Waals surface area contributed by atoms with E-state index >= 15 is 0 Å². The summed E-state index contributed by atoms with van der Waals surface area (Å²) >= 11 is 3.33. The van der Waals surface area contributed by atoms with Gasteiger partial charge in [0.15, 0.2) is 0 Å². The van der Waals surface area contributed by atoms with Crippen LogP contribution in [-0.4, -0.2) is 35.1 Å². The molecule has 0 aliphatic heterocycles. The van der Waals surface area contributed by atoms with E-state index in [1.54, 1.807) is 11.0 Å². The third kappa shape index (κ3) is 4.46. The number of carbonyl (C=O) groups is 2. The fourth-order valence-corrected chi connectivity index (χ4v) is 2.45. The second-order valence-electron chi connectivity index (χ2n) is 5.32. The van der Waals surface area contributed by atoms with Crippen LogP contribution in [0.15, 0.2) is 22.7 Å². The Morgan fingerprint density at radius 1 is 1.43 bits per heavy atom. The summed E-state index contributed by atoms with van der Waals surface area (Å²) in [4.78, 5) is 25.2. The molecule has 0 radical (unpaired) electrons. The van der Waals surface area contributed by atoms with Crippen LogP contribution in [0.2, 0.25) is 0 Å². The first kappa shape index (κ1) is 15.8. The molecule has 2 rings (SSSR count). The van der Waals surface area contributed by atoms with E-state index in [2.05, 4.69) is 21.2 Å². The van der Waals surface area contributed by atoms with Crippen LogP contribution in [0.1, 0.15) is 36.5 Å². The number of nitrogens with zero attached hydrogens (tertiary/aromatic N) is 1. The summed E-state index contributed by atoms with van der Waals surface area (Å²) in [6, 6.07) is 4.41. The van der Waals surface area contributed by atoms with Crippen LogP contribution < -0.4 is 5.32 Å². The van der Waals surface area contributed by atoms with Crippen molar-refractivity contribution in [2.45, 2.75) is 26.2 Å². The van der Waals surface area contributed by atoms with Crippen LogP contribution in [0.3, 0.4) is 0 Å². The highest BCUT2D eigenvalue weighted by atomic mass is 79.9. The Kier molecular flexibility index (Phi) is 5.22. The SMILES string of the molecule is CCCN(CC1CC1)C(=O)Nc1cc(C(=O)O)ccc1Br. The minimum Gasteiger partial charge on any atom is -0.478 e. The van der Waals surface area contributed by atoms with Crippen molar-refractivity contribution in [3.05, 3.63) is 28.2 Å². The molecule has 2 amide bonds. The van der Waals surface area contributed by atoms with Crippen molar-refractivity contribution in [2.24, 2.45) is 5.92 Å². The van der Waals surface area contributed by atoms with Gasteiger partial charge in [-0.25, -0.2) is 9.59 Å². The molecule has 0 aromatic heterocycles. The monoisotopic (exact) mass is 354 g/mol. The maximum atomic E-state index is 12.3. The Bertz CT molecular complexity index is 544. The maximum Gasteiger partial charge on any atom is 0.335 e. The molecule has 114 valence electrons. The molecule has 0 spiro atoms. The molecule has 1 aliphatic rings. The molecule has 0 unspecified atom stereocenters. The lowest BCUT2D eigenvalue weighted by Gasteiger charge is -2.23. The molecule has 1 aromatic rings. The minimum atomic E-state index is -1.01. The molecule has 0 heterocycles. The number of urea groups is 1. The highest BCUT2D eigenvalue weighted by molar-refractivity contribution is 9.10. The van der Waals surface area contributed by atoms with E-state index in [0.29, 0.717) is 22.6 Å². The molecular weight excluding hydrogens is 336 g/mol. The van der Waals surface area contributed by atoms with Crippen molar-refractivity contribution in [3.63, 3.8) is 0 Å². The second kappa shape index (κ2) is 6.93. The number of carboxylic acids is 1. The third-order valence-corrected chi connectivity index (χ3v) is 4.10.